The lowest BCUT2D eigenvalue weighted by Crippen LogP contribution is -2.72. The molecule has 26 nitrogen and oxygen atoms in total. The van der Waals surface area contributed by atoms with E-state index >= 15 is 9.59 Å². The maximum Gasteiger partial charge on any atom is 0.242 e. The molecule has 98 heavy (non-hydrogen) atoms. The van der Waals surface area contributed by atoms with Gasteiger partial charge in [0.25, 0.3) is 0 Å². The number of amides is 1. The maximum atomic E-state index is 15.8. The van der Waals surface area contributed by atoms with E-state index in [9.17, 15) is 50.4 Å². The van der Waals surface area contributed by atoms with Gasteiger partial charge in [-0.3, -0.25) is 30.8 Å². The lowest BCUT2D eigenvalue weighted by molar-refractivity contribution is -0.336. The number of carbonyl (C=O) groups excluding carboxylic acids is 4. The molecule has 9 aliphatic rings. The van der Waals surface area contributed by atoms with Crippen molar-refractivity contribution in [2.75, 3.05) is 58.1 Å². The quantitative estimate of drug-likeness (QED) is 0.0331. The van der Waals surface area contributed by atoms with Crippen LogP contribution in [0.4, 0.5) is 5.69 Å². The first-order valence-corrected chi connectivity index (χ1v) is 34.1. The number of hydrogen-bond acceptors (Lipinski definition) is 25. The maximum absolute atomic E-state index is 15.8. The van der Waals surface area contributed by atoms with Crippen molar-refractivity contribution >= 4 is 29.4 Å². The highest BCUT2D eigenvalue weighted by molar-refractivity contribution is 6.29. The fourth-order valence-electron chi connectivity index (χ4n) is 16.2. The van der Waals surface area contributed by atoms with Crippen LogP contribution in [0.15, 0.2) is 90.3 Å². The van der Waals surface area contributed by atoms with E-state index in [1.165, 1.54) is 12.1 Å². The minimum absolute atomic E-state index is 0.0191. The molecule has 4 fully saturated rings. The van der Waals surface area contributed by atoms with Gasteiger partial charge in [0, 0.05) is 78.4 Å². The summed E-state index contributed by atoms with van der Waals surface area (Å²) >= 11 is 0. The number of benzene rings is 4. The second kappa shape index (κ2) is 29.1. The summed E-state index contributed by atoms with van der Waals surface area (Å²) in [5.74, 6) is 0.0652. The molecular formula is C72H89N9O17. The third-order valence-electron chi connectivity index (χ3n) is 21.0. The predicted octanol–water partition coefficient (Wildman–Crippen LogP) is 0.0176. The summed E-state index contributed by atoms with van der Waals surface area (Å²) in [6.45, 7) is 0.558. The molecule has 3 saturated heterocycles. The molecule has 17 N–H and O–H groups in total. The number of fused-ring (bicyclic) bond motifs is 12. The van der Waals surface area contributed by atoms with Gasteiger partial charge < -0.3 is 95.6 Å². The van der Waals surface area contributed by atoms with Gasteiger partial charge in [0.05, 0.1) is 68.0 Å². The zero-order valence-corrected chi connectivity index (χ0v) is 54.8. The average molecular weight is 1350 g/mol. The molecule has 524 valence electrons. The Balaban J connectivity index is 1.10. The first kappa shape index (κ1) is 69.2. The van der Waals surface area contributed by atoms with Gasteiger partial charge in [-0.2, -0.15) is 0 Å². The fraction of sp³-hybridized carbons (Fsp3) is 0.528. The van der Waals surface area contributed by atoms with E-state index in [4.69, 9.17) is 29.4 Å². The number of hydrazine groups is 1. The van der Waals surface area contributed by atoms with Crippen molar-refractivity contribution in [1.29, 1.82) is 0 Å². The minimum Gasteiger partial charge on any atom is -0.486 e. The standard InChI is InChI=1S/C72H89N9O17/c1-37(85)30-77-80-55-28-41(14-20-75-55)52-35-95-64-65(91)72(93)19-13-42(24-39-23-40(31-74-2)26-44(25-39)46(16-22-83)59(52)88)54(87)12-10-43-33-96-71(17-5-6-18-71)69(72)98-68(64)97-62-51(56(43)48-7-3-4-8-53(48)81-36-76-58-66(81)78-70(73)79-67(58)92)29-50-57(63(62)94-34-45(86)15-21-82)61(90)49-27-38(32-84)9-11-47(49)60(50)89/h3-4,7-9,11,14,21,23,25-29,37,42-43,45-46,52,54,56,58-59,64-66,68-70,74-78,80,83-88,91,93H,5-6,10,12,15-18,20,22,24,30-36,73H2,1-2H3,(H,79,92)/t37-,42-,43-,45+,46+,52-,54+,56+,58-,59+,64-,65-,66+,68-,69-,70+,72+/m0/s1. The zero-order valence-electron chi connectivity index (χ0n) is 54.8. The Kier molecular flexibility index (Phi) is 20.6. The van der Waals surface area contributed by atoms with Crippen molar-refractivity contribution < 1.29 is 83.7 Å². The largest absolute Gasteiger partial charge is 0.486 e. The van der Waals surface area contributed by atoms with Crippen molar-refractivity contribution in [3.8, 4) is 23.3 Å². The number of allylic oxidation sites excluding steroid dienone is 1. The van der Waals surface area contributed by atoms with Crippen LogP contribution in [0, 0.1) is 29.6 Å². The summed E-state index contributed by atoms with van der Waals surface area (Å²) < 4.78 is 36.4. The third-order valence-corrected chi connectivity index (χ3v) is 21.0. The molecule has 7 heterocycles. The number of nitrogens with one attached hydrogen (secondary N) is 7. The van der Waals surface area contributed by atoms with Crippen LogP contribution in [-0.4, -0.2) is 197 Å². The Morgan fingerprint density at radius 1 is 0.949 bits per heavy atom. The normalized spacial score (nSPS) is 31.6. The molecule has 17 atom stereocenters. The fourth-order valence-corrected chi connectivity index (χ4v) is 16.2. The van der Waals surface area contributed by atoms with Gasteiger partial charge in [-0.1, -0.05) is 73.2 Å². The van der Waals surface area contributed by atoms with Crippen molar-refractivity contribution in [1.82, 2.24) is 37.4 Å². The number of nitrogens with two attached hydrogens (primary N) is 1. The Morgan fingerprint density at radius 2 is 1.77 bits per heavy atom. The number of rotatable bonds is 17. The number of para-hydroxylation sites is 1. The number of ketones is 2. The lowest BCUT2D eigenvalue weighted by atomic mass is 9.73. The number of ether oxygens (including phenoxy) is 5. The van der Waals surface area contributed by atoms with E-state index in [1.54, 1.807) is 25.1 Å². The summed E-state index contributed by atoms with van der Waals surface area (Å²) in [7, 11) is 1.82. The van der Waals surface area contributed by atoms with Crippen LogP contribution in [0.5, 0.6) is 11.5 Å². The smallest absolute Gasteiger partial charge is 0.242 e. The minimum atomic E-state index is -2.61. The molecule has 0 radical (unpaired) electrons. The highest BCUT2D eigenvalue weighted by Gasteiger charge is 2.65. The van der Waals surface area contributed by atoms with E-state index in [0.717, 1.165) is 11.1 Å². The van der Waals surface area contributed by atoms with Crippen LogP contribution < -0.4 is 57.5 Å². The molecule has 1 saturated carbocycles. The van der Waals surface area contributed by atoms with Gasteiger partial charge in [0.1, 0.15) is 55.5 Å². The van der Waals surface area contributed by atoms with Crippen molar-refractivity contribution in [3.05, 3.63) is 146 Å². The summed E-state index contributed by atoms with van der Waals surface area (Å²) in [6.07, 6.45) is -7.98. The second-order valence-corrected chi connectivity index (χ2v) is 27.5. The molecule has 2 aliphatic carbocycles. The monoisotopic (exact) mass is 1350 g/mol. The van der Waals surface area contributed by atoms with Crippen LogP contribution >= 0.6 is 0 Å². The van der Waals surface area contributed by atoms with Crippen LogP contribution in [-0.2, 0) is 43.4 Å². The topological polar surface area (TPSA) is 390 Å². The van der Waals surface area contributed by atoms with Gasteiger partial charge in [-0.05, 0) is 122 Å². The molecule has 13 rings (SSSR count). The lowest BCUT2D eigenvalue weighted by Gasteiger charge is -2.53. The number of aliphatic hydroxyl groups is 8. The second-order valence-electron chi connectivity index (χ2n) is 27.5. The summed E-state index contributed by atoms with van der Waals surface area (Å²) in [6, 6.07) is 18.6. The number of carbonyl (C=O) groups is 4. The van der Waals surface area contributed by atoms with Crippen LogP contribution in [0.2, 0.25) is 0 Å². The summed E-state index contributed by atoms with van der Waals surface area (Å²) in [5.41, 5.74) is 12.5. The molecule has 1 amide bonds. The van der Waals surface area contributed by atoms with Gasteiger partial charge in [0.2, 0.25) is 12.2 Å². The van der Waals surface area contributed by atoms with Crippen LogP contribution in [0.3, 0.4) is 0 Å². The van der Waals surface area contributed by atoms with Crippen molar-refractivity contribution in [2.45, 2.75) is 168 Å². The molecule has 7 aliphatic heterocycles. The number of aldehydes is 1. The number of nitrogens with zero attached hydrogens (tertiary/aromatic N) is 1. The number of hydrogen-bond donors (Lipinski definition) is 16. The highest BCUT2D eigenvalue weighted by Crippen LogP contribution is 2.55. The Hall–Kier alpha value is -7.24. The van der Waals surface area contributed by atoms with Gasteiger partial charge in [0.15, 0.2) is 28.7 Å². The number of aliphatic hydroxyl groups excluding tert-OH is 7. The van der Waals surface area contributed by atoms with Gasteiger partial charge in [-0.25, -0.2) is 5.43 Å². The molecule has 8 bridgehead atoms. The number of anilines is 1. The molecule has 26 heteroatoms. The third kappa shape index (κ3) is 13.3. The molecule has 4 aromatic rings. The van der Waals surface area contributed by atoms with E-state index < -0.39 is 146 Å². The average Bonchev–Trinajstić information content (AvgIpc) is 1.19. The molecule has 1 spiro atoms. The van der Waals surface area contributed by atoms with Gasteiger partial charge in [-0.15, -0.1) is 0 Å². The van der Waals surface area contributed by atoms with Crippen molar-refractivity contribution in [3.63, 3.8) is 0 Å². The van der Waals surface area contributed by atoms with Gasteiger partial charge >= 0.3 is 0 Å². The molecule has 0 aromatic heterocycles. The number of dihydropyridines is 1. The summed E-state index contributed by atoms with van der Waals surface area (Å²) in [5, 5.41) is 114. The van der Waals surface area contributed by atoms with E-state index in [0.29, 0.717) is 72.3 Å². The highest BCUT2D eigenvalue weighted by atomic mass is 16.7. The van der Waals surface area contributed by atoms with Crippen molar-refractivity contribution in [2.24, 2.45) is 23.5 Å². The molecule has 0 unspecified atom stereocenters. The first-order chi connectivity index (χ1) is 47.3. The van der Waals surface area contributed by atoms with E-state index in [2.05, 4.69) is 49.3 Å². The van der Waals surface area contributed by atoms with E-state index in [-0.39, 0.29) is 104 Å². The van der Waals surface area contributed by atoms with Crippen LogP contribution in [0.25, 0.3) is 0 Å². The SMILES string of the molecule is CNCc1cc2cc(c1)[C@@H](CCO)[C@@H](O)[C@H](C1=CCNC(NNC[C@H](C)O)=C1)CO[C@@H]1[C@H]3Oc4c(cc5c(c4OC[C@H](O)CC=O)C(=O)c4cc(CO)ccc4C5=O)[C@@H](c4ccccc4N4CN[C@@H]5C(=O)N[C@H](N)N[C@@H]54)[C@H]4CC[C@@H](O)[C@@H](C#C[C@@](O)([C@H]1O)[C@@H](O3)C1(CCCC1)OC4)C2. The van der Waals surface area contributed by atoms with E-state index in [1.807, 2.05) is 60.5 Å². The zero-order chi connectivity index (χ0) is 68.7. The first-order valence-electron chi connectivity index (χ1n) is 34.1. The summed E-state index contributed by atoms with van der Waals surface area (Å²) in [4.78, 5) is 59.3. The molecule has 4 aromatic carbocycles. The Bertz CT molecular complexity index is 3800. The predicted molar refractivity (Wildman–Crippen MR) is 354 cm³/mol. The molecular weight excluding hydrogens is 1260 g/mol. The Labute approximate surface area is 567 Å². The Morgan fingerprint density at radius 3 is 2.54 bits per heavy atom. The van der Waals surface area contributed by atoms with Crippen LogP contribution in [0.1, 0.15) is 135 Å².